The molecule has 0 aliphatic carbocycles. The molecule has 0 fully saturated rings. The fraction of sp³-hybridized carbons (Fsp3) is 0.242. The average molecular weight is 669 g/mol. The van der Waals surface area contributed by atoms with E-state index in [2.05, 4.69) is 10.6 Å². The fourth-order valence-electron chi connectivity index (χ4n) is 3.94. The minimum Gasteiger partial charge on any atom is -0.494 e. The Hall–Kier alpha value is -4.75. The van der Waals surface area contributed by atoms with E-state index in [9.17, 15) is 21.6 Å². The van der Waals surface area contributed by atoms with Crippen molar-refractivity contribution < 1.29 is 39.5 Å². The number of nitrogens with one attached hydrogen (secondary N) is 2. The Morgan fingerprint density at radius 1 is 0.587 bits per heavy atom. The van der Waals surface area contributed by atoms with E-state index < -0.39 is 26.3 Å². The summed E-state index contributed by atoms with van der Waals surface area (Å²) in [6.07, 6.45) is 3.75. The minimum atomic E-state index is -4.22. The zero-order valence-corrected chi connectivity index (χ0v) is 27.1. The summed E-state index contributed by atoms with van der Waals surface area (Å²) in [4.78, 5) is 12.6. The van der Waals surface area contributed by atoms with Gasteiger partial charge in [0.05, 0.1) is 18.9 Å². The van der Waals surface area contributed by atoms with Gasteiger partial charge in [0.25, 0.3) is 0 Å². The molecule has 0 spiro atoms. The number of hydrogen-bond acceptors (Lipinski definition) is 9. The van der Waals surface area contributed by atoms with Crippen LogP contribution in [0.5, 0.6) is 23.0 Å². The summed E-state index contributed by atoms with van der Waals surface area (Å²) in [6.45, 7) is 5.17. The van der Waals surface area contributed by atoms with Gasteiger partial charge in [-0.2, -0.15) is 16.8 Å². The Bertz CT molecular complexity index is 1790. The predicted octanol–water partition coefficient (Wildman–Crippen LogP) is 7.22. The van der Waals surface area contributed by atoms with Gasteiger partial charge in [-0.15, -0.1) is 0 Å². The first-order chi connectivity index (χ1) is 22.1. The number of ether oxygens (including phenoxy) is 2. The van der Waals surface area contributed by atoms with Crippen LogP contribution in [0.1, 0.15) is 39.5 Å². The molecular weight excluding hydrogens is 633 g/mol. The molecule has 0 heterocycles. The largest absolute Gasteiger partial charge is 0.494 e. The number of rotatable bonds is 16. The number of carbonyl (C=O) groups is 1. The van der Waals surface area contributed by atoms with Gasteiger partial charge in [0.2, 0.25) is 0 Å². The molecule has 0 bridgehead atoms. The van der Waals surface area contributed by atoms with Crippen LogP contribution in [0, 0.1) is 0 Å². The Morgan fingerprint density at radius 2 is 1.07 bits per heavy atom. The van der Waals surface area contributed by atoms with Crippen molar-refractivity contribution in [2.24, 2.45) is 0 Å². The first-order valence-corrected chi connectivity index (χ1v) is 17.5. The lowest BCUT2D eigenvalue weighted by molar-refractivity contribution is 0.262. The first kappa shape index (κ1) is 34.1. The molecule has 2 N–H and O–H groups in total. The Balaban J connectivity index is 1.34. The van der Waals surface area contributed by atoms with Crippen molar-refractivity contribution in [1.82, 2.24) is 0 Å². The second-order valence-corrected chi connectivity index (χ2v) is 13.1. The molecule has 2 amide bonds. The van der Waals surface area contributed by atoms with Gasteiger partial charge >= 0.3 is 26.3 Å². The quantitative estimate of drug-likeness (QED) is 0.0933. The number of amides is 2. The molecule has 0 unspecified atom stereocenters. The molecule has 0 saturated heterocycles. The van der Waals surface area contributed by atoms with Gasteiger partial charge in [0, 0.05) is 5.69 Å². The highest BCUT2D eigenvalue weighted by Gasteiger charge is 2.20. The molecule has 4 aromatic carbocycles. The molecule has 4 aromatic rings. The van der Waals surface area contributed by atoms with Crippen molar-refractivity contribution in [3.63, 3.8) is 0 Å². The van der Waals surface area contributed by atoms with Crippen molar-refractivity contribution in [1.29, 1.82) is 0 Å². The SMILES string of the molecule is CCCCOc1ccc(S(=O)(=O)Oc2ccc(NC(=O)Nc3ccccc3OS(=O)(=O)c3ccc(OCCCC)cc3)cc2)cc1. The number of urea groups is 1. The zero-order chi connectivity index (χ0) is 33.0. The molecule has 244 valence electrons. The summed E-state index contributed by atoms with van der Waals surface area (Å²) >= 11 is 0. The number of hydrogen-bond donors (Lipinski definition) is 2. The van der Waals surface area contributed by atoms with E-state index in [-0.39, 0.29) is 27.0 Å². The number of anilines is 2. The molecule has 0 radical (unpaired) electrons. The highest BCUT2D eigenvalue weighted by atomic mass is 32.2. The van der Waals surface area contributed by atoms with Crippen molar-refractivity contribution in [3.8, 4) is 23.0 Å². The molecule has 4 rings (SSSR count). The molecule has 0 aliphatic rings. The van der Waals surface area contributed by atoms with Crippen LogP contribution < -0.4 is 28.5 Å². The second kappa shape index (κ2) is 16.0. The lowest BCUT2D eigenvalue weighted by Gasteiger charge is -2.14. The third-order valence-corrected chi connectivity index (χ3v) is 8.92. The number of unbranched alkanes of at least 4 members (excludes halogenated alkanes) is 2. The topological polar surface area (TPSA) is 146 Å². The van der Waals surface area contributed by atoms with E-state index >= 15 is 0 Å². The van der Waals surface area contributed by atoms with Crippen LogP contribution in [-0.4, -0.2) is 36.1 Å². The van der Waals surface area contributed by atoms with Crippen LogP contribution in [0.2, 0.25) is 0 Å². The van der Waals surface area contributed by atoms with E-state index in [0.717, 1.165) is 25.7 Å². The van der Waals surface area contributed by atoms with Crippen LogP contribution >= 0.6 is 0 Å². The van der Waals surface area contributed by atoms with E-state index in [1.807, 2.05) is 13.8 Å². The summed E-state index contributed by atoms with van der Waals surface area (Å²) in [5, 5.41) is 5.17. The average Bonchev–Trinajstić information content (AvgIpc) is 3.03. The maximum Gasteiger partial charge on any atom is 0.339 e. The van der Waals surface area contributed by atoms with Gasteiger partial charge in [-0.25, -0.2) is 4.79 Å². The normalized spacial score (nSPS) is 11.3. The summed E-state index contributed by atoms with van der Waals surface area (Å²) in [5.74, 6) is 1.06. The maximum atomic E-state index is 12.9. The van der Waals surface area contributed by atoms with Crippen molar-refractivity contribution >= 4 is 37.6 Å². The predicted molar refractivity (Wildman–Crippen MR) is 175 cm³/mol. The van der Waals surface area contributed by atoms with Crippen molar-refractivity contribution in [2.75, 3.05) is 23.8 Å². The first-order valence-electron chi connectivity index (χ1n) is 14.7. The lowest BCUT2D eigenvalue weighted by atomic mass is 10.3. The standard InChI is InChI=1S/C33H36N2O9S2/c1-3-5-23-41-26-15-19-29(20-16-26)45(37,38)43-28-13-11-25(12-14-28)34-33(36)35-31-9-7-8-10-32(31)44-46(39,40)30-21-17-27(18-22-30)42-24-6-4-2/h7-22H,3-6,23-24H2,1-2H3,(H2,34,35,36). The zero-order valence-electron chi connectivity index (χ0n) is 25.5. The molecule has 46 heavy (non-hydrogen) atoms. The van der Waals surface area contributed by atoms with Gasteiger partial charge in [0.1, 0.15) is 27.0 Å². The third-order valence-electron chi connectivity index (χ3n) is 6.41. The summed E-state index contributed by atoms with van der Waals surface area (Å²) in [7, 11) is -8.32. The number of benzene rings is 4. The Kier molecular flexibility index (Phi) is 11.9. The lowest BCUT2D eigenvalue weighted by Crippen LogP contribution is -2.20. The van der Waals surface area contributed by atoms with Crippen molar-refractivity contribution in [3.05, 3.63) is 97.1 Å². The Morgan fingerprint density at radius 3 is 1.59 bits per heavy atom. The third kappa shape index (κ3) is 9.88. The van der Waals surface area contributed by atoms with Gasteiger partial charge in [-0.3, -0.25) is 0 Å². The smallest absolute Gasteiger partial charge is 0.339 e. The van der Waals surface area contributed by atoms with Crippen molar-refractivity contribution in [2.45, 2.75) is 49.3 Å². The van der Waals surface area contributed by atoms with Crippen LogP contribution in [0.3, 0.4) is 0 Å². The number of carbonyl (C=O) groups excluding carboxylic acids is 1. The summed E-state index contributed by atoms with van der Waals surface area (Å²) in [6, 6.07) is 22.9. The summed E-state index contributed by atoms with van der Waals surface area (Å²) in [5.41, 5.74) is 0.430. The van der Waals surface area contributed by atoms with E-state index in [1.54, 1.807) is 36.4 Å². The molecule has 0 saturated carbocycles. The van der Waals surface area contributed by atoms with Gasteiger partial charge in [-0.1, -0.05) is 38.8 Å². The molecular formula is C33H36N2O9S2. The minimum absolute atomic E-state index is 0.0340. The van der Waals surface area contributed by atoms with E-state index in [0.29, 0.717) is 30.4 Å². The number of para-hydroxylation sites is 2. The summed E-state index contributed by atoms with van der Waals surface area (Å²) < 4.78 is 73.0. The van der Waals surface area contributed by atoms with Crippen LogP contribution in [-0.2, 0) is 20.2 Å². The molecule has 0 aliphatic heterocycles. The van der Waals surface area contributed by atoms with Gasteiger partial charge in [0.15, 0.2) is 5.75 Å². The highest BCUT2D eigenvalue weighted by molar-refractivity contribution is 7.87. The van der Waals surface area contributed by atoms with Crippen LogP contribution in [0.15, 0.2) is 107 Å². The molecule has 0 aromatic heterocycles. The second-order valence-electron chi connectivity index (χ2n) is 10.0. The molecule has 11 nitrogen and oxygen atoms in total. The fourth-order valence-corrected chi connectivity index (χ4v) is 5.81. The molecule has 0 atom stereocenters. The van der Waals surface area contributed by atoms with Crippen LogP contribution in [0.25, 0.3) is 0 Å². The Labute approximate surface area is 269 Å². The van der Waals surface area contributed by atoms with Crippen LogP contribution in [0.4, 0.5) is 16.2 Å². The van der Waals surface area contributed by atoms with E-state index in [4.69, 9.17) is 17.8 Å². The maximum absolute atomic E-state index is 12.9. The molecule has 13 heteroatoms. The highest BCUT2D eigenvalue weighted by Crippen LogP contribution is 2.29. The monoisotopic (exact) mass is 668 g/mol. The van der Waals surface area contributed by atoms with Gasteiger partial charge < -0.3 is 28.5 Å². The van der Waals surface area contributed by atoms with Gasteiger partial charge in [-0.05, 0) is 97.8 Å². The van der Waals surface area contributed by atoms with E-state index in [1.165, 1.54) is 60.7 Å².